The minimum atomic E-state index is 0.405. The van der Waals surface area contributed by atoms with Crippen LogP contribution in [-0.2, 0) is 0 Å². The van der Waals surface area contributed by atoms with Gasteiger partial charge in [0.2, 0.25) is 0 Å². The molecule has 17 heavy (non-hydrogen) atoms. The third kappa shape index (κ3) is 2.34. The van der Waals surface area contributed by atoms with Gasteiger partial charge in [-0.25, -0.2) is 4.98 Å². The van der Waals surface area contributed by atoms with Crippen LogP contribution in [0.25, 0.3) is 11.0 Å². The SMILES string of the molecule is c1ccc2[nH]c(C3CCCCCCN3)nc2c1. The van der Waals surface area contributed by atoms with E-state index in [-0.39, 0.29) is 0 Å². The van der Waals surface area contributed by atoms with Gasteiger partial charge in [0.25, 0.3) is 0 Å². The van der Waals surface area contributed by atoms with Gasteiger partial charge in [-0.05, 0) is 31.5 Å². The van der Waals surface area contributed by atoms with Gasteiger partial charge in [0.05, 0.1) is 17.1 Å². The van der Waals surface area contributed by atoms with Gasteiger partial charge in [-0.1, -0.05) is 31.4 Å². The van der Waals surface area contributed by atoms with Crippen molar-refractivity contribution < 1.29 is 0 Å². The van der Waals surface area contributed by atoms with E-state index in [1.165, 1.54) is 32.1 Å². The first-order valence-corrected chi connectivity index (χ1v) is 6.61. The number of nitrogens with one attached hydrogen (secondary N) is 2. The normalized spacial score (nSPS) is 22.2. The predicted octanol–water partition coefficient (Wildman–Crippen LogP) is 3.16. The fraction of sp³-hybridized carbons (Fsp3) is 0.500. The van der Waals surface area contributed by atoms with Gasteiger partial charge in [-0.3, -0.25) is 0 Å². The van der Waals surface area contributed by atoms with E-state index in [9.17, 15) is 0 Å². The summed E-state index contributed by atoms with van der Waals surface area (Å²) >= 11 is 0. The second-order valence-electron chi connectivity index (χ2n) is 4.85. The smallest absolute Gasteiger partial charge is 0.124 e. The molecule has 0 amide bonds. The van der Waals surface area contributed by atoms with E-state index >= 15 is 0 Å². The van der Waals surface area contributed by atoms with Crippen LogP contribution in [0.4, 0.5) is 0 Å². The number of benzene rings is 1. The fourth-order valence-corrected chi connectivity index (χ4v) is 2.58. The number of hydrogen-bond donors (Lipinski definition) is 2. The first kappa shape index (κ1) is 10.8. The average Bonchev–Trinajstić information content (AvgIpc) is 2.71. The van der Waals surface area contributed by atoms with Crippen LogP contribution in [0.2, 0.25) is 0 Å². The summed E-state index contributed by atoms with van der Waals surface area (Å²) in [5.41, 5.74) is 2.22. The van der Waals surface area contributed by atoms with Crippen molar-refractivity contribution in [3.63, 3.8) is 0 Å². The standard InChI is InChI=1S/C14H19N3/c1-2-6-10-15-13(9-3-1)14-16-11-7-4-5-8-12(11)17-14/h4-5,7-8,13,15H,1-3,6,9-10H2,(H,16,17). The highest BCUT2D eigenvalue weighted by atomic mass is 15.0. The minimum absolute atomic E-state index is 0.405. The van der Waals surface area contributed by atoms with Crippen molar-refractivity contribution in [1.82, 2.24) is 15.3 Å². The average molecular weight is 229 g/mol. The van der Waals surface area contributed by atoms with Crippen LogP contribution < -0.4 is 5.32 Å². The number of rotatable bonds is 1. The first-order valence-electron chi connectivity index (χ1n) is 6.61. The molecule has 0 bridgehead atoms. The number of H-pyrrole nitrogens is 1. The summed E-state index contributed by atoms with van der Waals surface area (Å²) in [6.45, 7) is 1.11. The molecular formula is C14H19N3. The molecule has 1 aromatic heterocycles. The molecule has 1 unspecified atom stereocenters. The lowest BCUT2D eigenvalue weighted by molar-refractivity contribution is 0.416. The summed E-state index contributed by atoms with van der Waals surface area (Å²) in [5, 5.41) is 3.61. The summed E-state index contributed by atoms with van der Waals surface area (Å²) in [6, 6.07) is 8.66. The molecule has 0 aliphatic carbocycles. The maximum Gasteiger partial charge on any atom is 0.124 e. The Balaban J connectivity index is 1.85. The van der Waals surface area contributed by atoms with Crippen molar-refractivity contribution in [2.24, 2.45) is 0 Å². The predicted molar refractivity (Wildman–Crippen MR) is 69.9 cm³/mol. The Labute approximate surface area is 102 Å². The Kier molecular flexibility index (Phi) is 3.10. The van der Waals surface area contributed by atoms with Crippen LogP contribution in [0, 0.1) is 0 Å². The third-order valence-electron chi connectivity index (χ3n) is 3.55. The maximum absolute atomic E-state index is 4.69. The Morgan fingerprint density at radius 2 is 1.94 bits per heavy atom. The van der Waals surface area contributed by atoms with Crippen molar-refractivity contribution >= 4 is 11.0 Å². The molecule has 90 valence electrons. The quantitative estimate of drug-likeness (QED) is 0.788. The van der Waals surface area contributed by atoms with E-state index < -0.39 is 0 Å². The number of hydrogen-bond acceptors (Lipinski definition) is 2. The monoisotopic (exact) mass is 229 g/mol. The zero-order chi connectivity index (χ0) is 11.5. The van der Waals surface area contributed by atoms with E-state index in [0.717, 1.165) is 23.4 Å². The second kappa shape index (κ2) is 4.88. The van der Waals surface area contributed by atoms with Gasteiger partial charge in [-0.2, -0.15) is 0 Å². The Morgan fingerprint density at radius 1 is 1.06 bits per heavy atom. The van der Waals surface area contributed by atoms with Crippen LogP contribution in [0.15, 0.2) is 24.3 Å². The number of imidazole rings is 1. The highest BCUT2D eigenvalue weighted by molar-refractivity contribution is 5.74. The van der Waals surface area contributed by atoms with Gasteiger partial charge in [0.15, 0.2) is 0 Å². The Morgan fingerprint density at radius 3 is 2.88 bits per heavy atom. The molecule has 1 aromatic carbocycles. The molecule has 3 nitrogen and oxygen atoms in total. The number of para-hydroxylation sites is 2. The molecule has 0 spiro atoms. The second-order valence-corrected chi connectivity index (χ2v) is 4.85. The molecule has 0 saturated carbocycles. The van der Waals surface area contributed by atoms with Crippen LogP contribution in [0.5, 0.6) is 0 Å². The number of aromatic amines is 1. The molecule has 2 N–H and O–H groups in total. The van der Waals surface area contributed by atoms with Crippen molar-refractivity contribution in [1.29, 1.82) is 0 Å². The van der Waals surface area contributed by atoms with Gasteiger partial charge < -0.3 is 10.3 Å². The van der Waals surface area contributed by atoms with Gasteiger partial charge >= 0.3 is 0 Å². The van der Waals surface area contributed by atoms with Crippen molar-refractivity contribution in [2.75, 3.05) is 6.54 Å². The molecule has 2 aromatic rings. The summed E-state index contributed by atoms with van der Waals surface area (Å²) in [5.74, 6) is 1.10. The van der Waals surface area contributed by atoms with Gasteiger partial charge in [0, 0.05) is 0 Å². The van der Waals surface area contributed by atoms with Crippen LogP contribution in [0.1, 0.15) is 44.0 Å². The molecule has 1 aliphatic rings. The molecule has 0 radical (unpaired) electrons. The van der Waals surface area contributed by atoms with Crippen LogP contribution >= 0.6 is 0 Å². The van der Waals surface area contributed by atoms with Crippen molar-refractivity contribution in [3.8, 4) is 0 Å². The molecule has 1 saturated heterocycles. The number of fused-ring (bicyclic) bond motifs is 1. The fourth-order valence-electron chi connectivity index (χ4n) is 2.58. The topological polar surface area (TPSA) is 40.7 Å². The van der Waals surface area contributed by atoms with Crippen LogP contribution in [-0.4, -0.2) is 16.5 Å². The van der Waals surface area contributed by atoms with Crippen molar-refractivity contribution in [3.05, 3.63) is 30.1 Å². The van der Waals surface area contributed by atoms with Gasteiger partial charge in [0.1, 0.15) is 5.82 Å². The summed E-state index contributed by atoms with van der Waals surface area (Å²) in [7, 11) is 0. The lowest BCUT2D eigenvalue weighted by atomic mass is 10.0. The van der Waals surface area contributed by atoms with E-state index in [0.29, 0.717) is 6.04 Å². The third-order valence-corrected chi connectivity index (χ3v) is 3.55. The molecule has 2 heterocycles. The number of aromatic nitrogens is 2. The molecule has 3 heteroatoms. The molecule has 1 fully saturated rings. The summed E-state index contributed by atoms with van der Waals surface area (Å²) in [6.07, 6.45) is 6.50. The Bertz CT molecular complexity index is 448. The van der Waals surface area contributed by atoms with E-state index in [4.69, 9.17) is 4.98 Å². The molecular weight excluding hydrogens is 210 g/mol. The van der Waals surface area contributed by atoms with E-state index in [1.54, 1.807) is 0 Å². The molecule has 1 atom stereocenters. The molecule has 1 aliphatic heterocycles. The zero-order valence-corrected chi connectivity index (χ0v) is 10.1. The summed E-state index contributed by atoms with van der Waals surface area (Å²) < 4.78 is 0. The minimum Gasteiger partial charge on any atom is -0.341 e. The summed E-state index contributed by atoms with van der Waals surface area (Å²) in [4.78, 5) is 8.13. The maximum atomic E-state index is 4.69. The van der Waals surface area contributed by atoms with E-state index in [2.05, 4.69) is 28.5 Å². The van der Waals surface area contributed by atoms with Crippen LogP contribution in [0.3, 0.4) is 0 Å². The zero-order valence-electron chi connectivity index (χ0n) is 10.1. The van der Waals surface area contributed by atoms with E-state index in [1.807, 2.05) is 6.07 Å². The molecule has 3 rings (SSSR count). The number of nitrogens with zero attached hydrogens (tertiary/aromatic N) is 1. The highest BCUT2D eigenvalue weighted by Crippen LogP contribution is 2.22. The van der Waals surface area contributed by atoms with Gasteiger partial charge in [-0.15, -0.1) is 0 Å². The van der Waals surface area contributed by atoms with Crippen molar-refractivity contribution in [2.45, 2.75) is 38.1 Å². The largest absolute Gasteiger partial charge is 0.341 e. The first-order chi connectivity index (χ1) is 8.43. The lowest BCUT2D eigenvalue weighted by Crippen LogP contribution is -2.24. The lowest BCUT2D eigenvalue weighted by Gasteiger charge is -2.19. The highest BCUT2D eigenvalue weighted by Gasteiger charge is 2.16. The Hall–Kier alpha value is -1.35.